The highest BCUT2D eigenvalue weighted by Gasteiger charge is 2.46. The minimum atomic E-state index is -3.15. The van der Waals surface area contributed by atoms with E-state index in [1.165, 1.54) is 10.8 Å². The molecule has 1 saturated heterocycles. The third-order valence-electron chi connectivity index (χ3n) is 6.76. The first-order chi connectivity index (χ1) is 18.5. The number of nitrogens with one attached hydrogen (secondary N) is 1. The van der Waals surface area contributed by atoms with Crippen molar-refractivity contribution in [3.8, 4) is 0 Å². The van der Waals surface area contributed by atoms with Crippen molar-refractivity contribution < 1.29 is 26.4 Å². The van der Waals surface area contributed by atoms with Crippen LogP contribution in [0.1, 0.15) is 53.2 Å². The van der Waals surface area contributed by atoms with Crippen molar-refractivity contribution in [2.75, 3.05) is 43.2 Å². The van der Waals surface area contributed by atoms with Crippen LogP contribution in [-0.4, -0.2) is 47.5 Å². The van der Waals surface area contributed by atoms with Gasteiger partial charge in [0.05, 0.1) is 35.7 Å². The number of ether oxygens (including phenoxy) is 1. The number of fused-ring (bicyclic) bond motifs is 1. The number of benzene rings is 1. The fourth-order valence-electron chi connectivity index (χ4n) is 4.58. The van der Waals surface area contributed by atoms with Crippen molar-refractivity contribution in [2.45, 2.75) is 44.6 Å². The highest BCUT2D eigenvalue weighted by molar-refractivity contribution is 5.97. The molecule has 1 aliphatic carbocycles. The number of anilines is 2. The minimum absolute atomic E-state index is 0.0432. The van der Waals surface area contributed by atoms with E-state index in [1.807, 2.05) is 0 Å². The lowest BCUT2D eigenvalue weighted by Crippen LogP contribution is -2.42. The van der Waals surface area contributed by atoms with Crippen LogP contribution in [0.5, 0.6) is 0 Å². The normalized spacial score (nSPS) is 19.6. The van der Waals surface area contributed by atoms with E-state index < -0.39 is 54.0 Å². The molecule has 192 valence electrons. The SMILES string of the molecule is [2H]C([2H])([2H])[C@@H](Nc1nc(C)nc2c(N3CCOCC3)c(=O)n(C3(CF)CC3)cc12)c1cccc(C(F)F)c1F. The molecule has 5 rings (SSSR count). The van der Waals surface area contributed by atoms with Crippen LogP contribution in [0.15, 0.2) is 29.2 Å². The topological polar surface area (TPSA) is 72.3 Å². The van der Waals surface area contributed by atoms with E-state index in [2.05, 4.69) is 15.3 Å². The molecule has 2 aliphatic rings. The highest BCUT2D eigenvalue weighted by Crippen LogP contribution is 2.44. The Bertz CT molecular complexity index is 1460. The zero-order chi connectivity index (χ0) is 28.1. The Hall–Kier alpha value is -3.21. The molecule has 11 heteroatoms. The Morgan fingerprint density at radius 3 is 2.58 bits per heavy atom. The van der Waals surface area contributed by atoms with Crippen molar-refractivity contribution in [3.05, 3.63) is 57.5 Å². The number of alkyl halides is 3. The molecule has 0 amide bonds. The van der Waals surface area contributed by atoms with Crippen LogP contribution in [0.4, 0.5) is 29.1 Å². The van der Waals surface area contributed by atoms with Gasteiger partial charge in [-0.05, 0) is 26.6 Å². The maximum absolute atomic E-state index is 15.1. The molecule has 1 aliphatic heterocycles. The Morgan fingerprint density at radius 2 is 1.94 bits per heavy atom. The molecule has 1 aromatic carbocycles. The minimum Gasteiger partial charge on any atom is -0.378 e. The lowest BCUT2D eigenvalue weighted by molar-refractivity contribution is 0.122. The fraction of sp³-hybridized carbons (Fsp3) is 0.480. The van der Waals surface area contributed by atoms with Crippen molar-refractivity contribution >= 4 is 22.4 Å². The molecule has 0 radical (unpaired) electrons. The second-order valence-corrected chi connectivity index (χ2v) is 9.12. The molecular formula is C25H27F4N5O2. The molecule has 1 N–H and O–H groups in total. The van der Waals surface area contributed by atoms with Gasteiger partial charge in [0, 0.05) is 29.0 Å². The largest absolute Gasteiger partial charge is 0.378 e. The number of aryl methyl sites for hydroxylation is 1. The van der Waals surface area contributed by atoms with Gasteiger partial charge in [-0.3, -0.25) is 4.79 Å². The molecule has 1 atom stereocenters. The molecule has 1 saturated carbocycles. The van der Waals surface area contributed by atoms with Gasteiger partial charge in [0.1, 0.15) is 35.3 Å². The van der Waals surface area contributed by atoms with Gasteiger partial charge in [0.25, 0.3) is 12.0 Å². The molecule has 0 spiro atoms. The monoisotopic (exact) mass is 508 g/mol. The van der Waals surface area contributed by atoms with E-state index in [0.717, 1.165) is 18.2 Å². The standard InChI is InChI=1S/C25H27F4N5O2/c1-14(16-4-3-5-17(19(16)27)22(28)29)30-23-18-12-34(25(13-26)6-7-25)24(35)21(20(18)31-15(2)32-23)33-8-10-36-11-9-33/h3-5,12,14,22H,6-11,13H2,1-2H3,(H,30,31,32)/t14-/m1/s1/i1D3. The summed E-state index contributed by atoms with van der Waals surface area (Å²) in [6.07, 6.45) is -0.865. The van der Waals surface area contributed by atoms with Crippen LogP contribution in [0.3, 0.4) is 0 Å². The second-order valence-electron chi connectivity index (χ2n) is 9.12. The first-order valence-corrected chi connectivity index (χ1v) is 11.6. The Balaban J connectivity index is 1.73. The predicted octanol–water partition coefficient (Wildman–Crippen LogP) is 4.64. The van der Waals surface area contributed by atoms with Gasteiger partial charge in [0.2, 0.25) is 0 Å². The van der Waals surface area contributed by atoms with Gasteiger partial charge in [-0.1, -0.05) is 18.2 Å². The molecule has 3 heterocycles. The number of pyridine rings is 1. The number of halogens is 4. The molecule has 0 bridgehead atoms. The summed E-state index contributed by atoms with van der Waals surface area (Å²) >= 11 is 0. The smallest absolute Gasteiger partial charge is 0.276 e. The number of aromatic nitrogens is 3. The van der Waals surface area contributed by atoms with Crippen LogP contribution in [0.2, 0.25) is 0 Å². The number of hydrogen-bond acceptors (Lipinski definition) is 6. The first kappa shape index (κ1) is 20.9. The van der Waals surface area contributed by atoms with Crippen LogP contribution < -0.4 is 15.8 Å². The van der Waals surface area contributed by atoms with Crippen LogP contribution >= 0.6 is 0 Å². The Kier molecular flexibility index (Phi) is 5.43. The van der Waals surface area contributed by atoms with Crippen LogP contribution in [0.25, 0.3) is 10.9 Å². The van der Waals surface area contributed by atoms with Gasteiger partial charge in [-0.25, -0.2) is 27.5 Å². The van der Waals surface area contributed by atoms with E-state index in [4.69, 9.17) is 8.85 Å². The van der Waals surface area contributed by atoms with Gasteiger partial charge in [-0.2, -0.15) is 0 Å². The van der Waals surface area contributed by atoms with Crippen LogP contribution in [-0.2, 0) is 10.3 Å². The molecule has 2 aromatic heterocycles. The predicted molar refractivity (Wildman–Crippen MR) is 128 cm³/mol. The summed E-state index contributed by atoms with van der Waals surface area (Å²) in [5, 5.41) is 2.97. The van der Waals surface area contributed by atoms with Gasteiger partial charge < -0.3 is 19.5 Å². The maximum Gasteiger partial charge on any atom is 0.276 e. The molecule has 3 aromatic rings. The average Bonchev–Trinajstić information content (AvgIpc) is 3.68. The molecule has 7 nitrogen and oxygen atoms in total. The summed E-state index contributed by atoms with van der Waals surface area (Å²) in [5.74, 6) is -1.19. The Labute approximate surface area is 209 Å². The lowest BCUT2D eigenvalue weighted by Gasteiger charge is -2.30. The number of rotatable bonds is 7. The summed E-state index contributed by atoms with van der Waals surface area (Å²) in [7, 11) is 0. The molecule has 36 heavy (non-hydrogen) atoms. The molecular weight excluding hydrogens is 478 g/mol. The summed E-state index contributed by atoms with van der Waals surface area (Å²) in [6, 6.07) is 1.41. The number of hydrogen-bond donors (Lipinski definition) is 1. The summed E-state index contributed by atoms with van der Waals surface area (Å²) in [6.45, 7) is -0.630. The number of nitrogens with zero attached hydrogens (tertiary/aromatic N) is 4. The maximum atomic E-state index is 15.1. The van der Waals surface area contributed by atoms with E-state index >= 15 is 4.39 Å². The first-order valence-electron chi connectivity index (χ1n) is 13.1. The summed E-state index contributed by atoms with van der Waals surface area (Å²) in [4.78, 5) is 24.4. The van der Waals surface area contributed by atoms with Gasteiger partial charge in [-0.15, -0.1) is 0 Å². The zero-order valence-electron chi connectivity index (χ0n) is 22.5. The third-order valence-corrected chi connectivity index (χ3v) is 6.76. The van der Waals surface area contributed by atoms with E-state index in [9.17, 15) is 18.0 Å². The van der Waals surface area contributed by atoms with Gasteiger partial charge in [0.15, 0.2) is 0 Å². The lowest BCUT2D eigenvalue weighted by atomic mass is 10.0. The van der Waals surface area contributed by atoms with Crippen molar-refractivity contribution in [2.24, 2.45) is 0 Å². The molecule has 0 unspecified atom stereocenters. The highest BCUT2D eigenvalue weighted by atomic mass is 19.3. The van der Waals surface area contributed by atoms with E-state index in [1.54, 1.807) is 11.8 Å². The van der Waals surface area contributed by atoms with Gasteiger partial charge >= 0.3 is 0 Å². The van der Waals surface area contributed by atoms with E-state index in [-0.39, 0.29) is 28.2 Å². The molecule has 2 fully saturated rings. The number of morpholine rings is 1. The van der Waals surface area contributed by atoms with Crippen LogP contribution in [0, 0.1) is 12.7 Å². The second kappa shape index (κ2) is 9.34. The average molecular weight is 509 g/mol. The Morgan fingerprint density at radius 1 is 1.22 bits per heavy atom. The third kappa shape index (κ3) is 4.19. The summed E-state index contributed by atoms with van der Waals surface area (Å²) in [5.41, 5.74) is -2.45. The van der Waals surface area contributed by atoms with E-state index in [0.29, 0.717) is 39.1 Å². The van der Waals surface area contributed by atoms with Crippen molar-refractivity contribution in [3.63, 3.8) is 0 Å². The quantitative estimate of drug-likeness (QED) is 0.469. The fourth-order valence-corrected chi connectivity index (χ4v) is 4.58. The zero-order valence-corrected chi connectivity index (χ0v) is 19.5. The van der Waals surface area contributed by atoms with Crippen molar-refractivity contribution in [1.29, 1.82) is 0 Å². The summed E-state index contributed by atoms with van der Waals surface area (Å²) < 4.78 is 87.1. The van der Waals surface area contributed by atoms with Crippen molar-refractivity contribution in [1.82, 2.24) is 14.5 Å².